The molecule has 3 heterocycles. The first-order chi connectivity index (χ1) is 13.7. The number of rotatable bonds is 5. The van der Waals surface area contributed by atoms with Crippen molar-refractivity contribution in [3.8, 4) is 0 Å². The van der Waals surface area contributed by atoms with E-state index in [1.54, 1.807) is 0 Å². The Morgan fingerprint density at radius 1 is 1.25 bits per heavy atom. The number of aryl methyl sites for hydroxylation is 1. The van der Waals surface area contributed by atoms with Crippen LogP contribution in [0.4, 0.5) is 17.5 Å². The Bertz CT molecular complexity index is 1130. The molecular formula is C20H23N7O. The summed E-state index contributed by atoms with van der Waals surface area (Å²) in [6.07, 6.45) is 2.67. The molecule has 5 rings (SSSR count). The van der Waals surface area contributed by atoms with E-state index >= 15 is 0 Å². The molecule has 28 heavy (non-hydrogen) atoms. The molecule has 2 atom stereocenters. The first-order valence-electron chi connectivity index (χ1n) is 9.65. The maximum atomic E-state index is 9.71. The van der Waals surface area contributed by atoms with Crippen LogP contribution in [-0.4, -0.2) is 42.6 Å². The quantitative estimate of drug-likeness (QED) is 0.426. The molecule has 1 saturated carbocycles. The minimum absolute atomic E-state index is 0.152. The topological polar surface area (TPSA) is 103 Å². The van der Waals surface area contributed by atoms with Gasteiger partial charge >= 0.3 is 0 Å². The van der Waals surface area contributed by atoms with Gasteiger partial charge in [-0.15, -0.1) is 5.10 Å². The molecule has 0 spiro atoms. The van der Waals surface area contributed by atoms with Crippen molar-refractivity contribution < 1.29 is 5.11 Å². The Hall–Kier alpha value is -3.13. The highest BCUT2D eigenvalue weighted by atomic mass is 16.3. The second-order valence-electron chi connectivity index (χ2n) is 7.54. The van der Waals surface area contributed by atoms with Crippen molar-refractivity contribution in [1.82, 2.24) is 24.8 Å². The van der Waals surface area contributed by atoms with E-state index in [0.717, 1.165) is 59.6 Å². The molecule has 4 aromatic rings. The third-order valence-corrected chi connectivity index (χ3v) is 5.45. The van der Waals surface area contributed by atoms with E-state index in [9.17, 15) is 5.11 Å². The highest BCUT2D eigenvalue weighted by Gasteiger charge is 2.22. The van der Waals surface area contributed by atoms with Gasteiger partial charge in [0.1, 0.15) is 5.82 Å². The van der Waals surface area contributed by atoms with Crippen LogP contribution in [0, 0.1) is 12.8 Å². The molecule has 3 aromatic heterocycles. The van der Waals surface area contributed by atoms with Gasteiger partial charge in [-0.25, -0.2) is 0 Å². The summed E-state index contributed by atoms with van der Waals surface area (Å²) in [6.45, 7) is 2.83. The molecule has 1 fully saturated rings. The number of hydrogen-bond donors (Lipinski definition) is 4. The van der Waals surface area contributed by atoms with Gasteiger partial charge in [0.15, 0.2) is 5.65 Å². The summed E-state index contributed by atoms with van der Waals surface area (Å²) in [5.41, 5.74) is 3.63. The van der Waals surface area contributed by atoms with Crippen LogP contribution in [-0.2, 0) is 0 Å². The van der Waals surface area contributed by atoms with E-state index in [4.69, 9.17) is 0 Å². The van der Waals surface area contributed by atoms with Crippen molar-refractivity contribution >= 4 is 34.0 Å². The normalized spacial score (nSPS) is 19.5. The fourth-order valence-corrected chi connectivity index (χ4v) is 3.93. The van der Waals surface area contributed by atoms with Gasteiger partial charge < -0.3 is 15.7 Å². The van der Waals surface area contributed by atoms with Gasteiger partial charge in [0.05, 0.1) is 11.6 Å². The molecule has 144 valence electrons. The number of benzene rings is 1. The Balaban J connectivity index is 1.36. The molecule has 1 aliphatic carbocycles. The number of nitrogens with one attached hydrogen (secondary N) is 3. The third-order valence-electron chi connectivity index (χ3n) is 5.45. The smallest absolute Gasteiger partial charge is 0.247 e. The number of H-pyrrole nitrogens is 1. The van der Waals surface area contributed by atoms with Crippen molar-refractivity contribution in [2.24, 2.45) is 5.92 Å². The van der Waals surface area contributed by atoms with Gasteiger partial charge in [0, 0.05) is 23.3 Å². The predicted molar refractivity (Wildman–Crippen MR) is 109 cm³/mol. The number of aromatic amines is 1. The van der Waals surface area contributed by atoms with Crippen LogP contribution < -0.4 is 10.6 Å². The van der Waals surface area contributed by atoms with E-state index in [1.807, 2.05) is 47.8 Å². The summed E-state index contributed by atoms with van der Waals surface area (Å²) >= 11 is 0. The van der Waals surface area contributed by atoms with Gasteiger partial charge in [-0.1, -0.05) is 6.07 Å². The van der Waals surface area contributed by atoms with E-state index in [-0.39, 0.29) is 6.10 Å². The van der Waals surface area contributed by atoms with Crippen LogP contribution in [0.2, 0.25) is 0 Å². The molecule has 8 nitrogen and oxygen atoms in total. The summed E-state index contributed by atoms with van der Waals surface area (Å²) in [5, 5.41) is 29.5. The number of aromatic nitrogens is 5. The number of nitrogens with zero attached hydrogens (tertiary/aromatic N) is 4. The number of pyridine rings is 1. The zero-order valence-electron chi connectivity index (χ0n) is 15.7. The van der Waals surface area contributed by atoms with Gasteiger partial charge in [0.2, 0.25) is 5.95 Å². The number of aliphatic hydroxyl groups is 1. The second kappa shape index (κ2) is 6.79. The first kappa shape index (κ1) is 17.0. The van der Waals surface area contributed by atoms with Crippen LogP contribution in [0.25, 0.3) is 16.6 Å². The maximum Gasteiger partial charge on any atom is 0.247 e. The van der Waals surface area contributed by atoms with E-state index < -0.39 is 0 Å². The Labute approximate surface area is 162 Å². The van der Waals surface area contributed by atoms with Crippen molar-refractivity contribution in [2.45, 2.75) is 32.3 Å². The fraction of sp³-hybridized carbons (Fsp3) is 0.350. The average Bonchev–Trinajstić information content (AvgIpc) is 3.39. The molecule has 4 N–H and O–H groups in total. The second-order valence-corrected chi connectivity index (χ2v) is 7.54. The number of hydrogen-bond acceptors (Lipinski definition) is 6. The van der Waals surface area contributed by atoms with Crippen molar-refractivity contribution in [3.05, 3.63) is 42.1 Å². The lowest BCUT2D eigenvalue weighted by Crippen LogP contribution is -2.14. The highest BCUT2D eigenvalue weighted by molar-refractivity contribution is 5.85. The highest BCUT2D eigenvalue weighted by Crippen LogP contribution is 2.26. The van der Waals surface area contributed by atoms with E-state index in [2.05, 4.69) is 30.9 Å². The average molecular weight is 377 g/mol. The number of fused-ring (bicyclic) bond motifs is 2. The predicted octanol–water partition coefficient (Wildman–Crippen LogP) is 3.23. The number of anilines is 3. The van der Waals surface area contributed by atoms with Crippen LogP contribution in [0.15, 0.2) is 36.4 Å². The lowest BCUT2D eigenvalue weighted by atomic mass is 10.1. The maximum absolute atomic E-state index is 9.71. The van der Waals surface area contributed by atoms with Crippen LogP contribution >= 0.6 is 0 Å². The van der Waals surface area contributed by atoms with Gasteiger partial charge in [-0.3, -0.25) is 5.10 Å². The molecule has 0 amide bonds. The van der Waals surface area contributed by atoms with Gasteiger partial charge in [-0.2, -0.15) is 14.6 Å². The monoisotopic (exact) mass is 377 g/mol. The van der Waals surface area contributed by atoms with Crippen molar-refractivity contribution in [3.63, 3.8) is 0 Å². The van der Waals surface area contributed by atoms with Gasteiger partial charge in [0.25, 0.3) is 0 Å². The molecule has 0 bridgehead atoms. The Morgan fingerprint density at radius 3 is 3.04 bits per heavy atom. The molecular weight excluding hydrogens is 354 g/mol. The van der Waals surface area contributed by atoms with Crippen LogP contribution in [0.5, 0.6) is 0 Å². The van der Waals surface area contributed by atoms with Crippen LogP contribution in [0.1, 0.15) is 25.0 Å². The molecule has 0 aliphatic heterocycles. The fourth-order valence-electron chi connectivity index (χ4n) is 3.93. The number of aliphatic hydroxyl groups excluding tert-OH is 1. The third kappa shape index (κ3) is 3.16. The Morgan fingerprint density at radius 2 is 2.18 bits per heavy atom. The molecule has 0 unspecified atom stereocenters. The standard InChI is InChI=1S/C20H23N7O/c1-12-16-8-6-14(10-17(16)25-24-12)22-20-23-19-4-2-3-18(27(19)26-20)21-11-13-5-7-15(28)9-13/h2-4,6,8,10,13,15,21,28H,5,7,9,11H2,1H3,(H,22,26)(H,24,25)/t13-,15-/m1/s1. The lowest BCUT2D eigenvalue weighted by molar-refractivity contribution is 0.178. The lowest BCUT2D eigenvalue weighted by Gasteiger charge is -2.12. The summed E-state index contributed by atoms with van der Waals surface area (Å²) in [6, 6.07) is 11.9. The van der Waals surface area contributed by atoms with Crippen molar-refractivity contribution in [2.75, 3.05) is 17.2 Å². The summed E-state index contributed by atoms with van der Waals surface area (Å²) in [7, 11) is 0. The molecule has 0 saturated heterocycles. The molecule has 1 aromatic carbocycles. The first-order valence-corrected chi connectivity index (χ1v) is 9.65. The summed E-state index contributed by atoms with van der Waals surface area (Å²) in [5.74, 6) is 1.94. The zero-order valence-corrected chi connectivity index (χ0v) is 15.7. The van der Waals surface area contributed by atoms with E-state index in [1.165, 1.54) is 0 Å². The Kier molecular flexibility index (Phi) is 4.12. The van der Waals surface area contributed by atoms with Crippen molar-refractivity contribution in [1.29, 1.82) is 0 Å². The minimum atomic E-state index is -0.152. The minimum Gasteiger partial charge on any atom is -0.393 e. The van der Waals surface area contributed by atoms with E-state index in [0.29, 0.717) is 11.9 Å². The molecule has 8 heteroatoms. The molecule has 1 aliphatic rings. The SMILES string of the molecule is Cc1[nH]nc2cc(Nc3nc4cccc(NC[C@@H]5CC[C@@H](O)C5)n4n3)ccc12. The zero-order chi connectivity index (χ0) is 19.1. The summed E-state index contributed by atoms with van der Waals surface area (Å²) in [4.78, 5) is 4.58. The molecule has 0 radical (unpaired) electrons. The largest absolute Gasteiger partial charge is 0.393 e. The van der Waals surface area contributed by atoms with Crippen LogP contribution in [0.3, 0.4) is 0 Å². The van der Waals surface area contributed by atoms with Gasteiger partial charge in [-0.05, 0) is 62.4 Å². The summed E-state index contributed by atoms with van der Waals surface area (Å²) < 4.78 is 1.81.